The first kappa shape index (κ1) is 15.4. The Morgan fingerprint density at radius 1 is 1.19 bits per heavy atom. The van der Waals surface area contributed by atoms with Crippen LogP contribution < -0.4 is 15.4 Å². The van der Waals surface area contributed by atoms with Crippen molar-refractivity contribution in [3.05, 3.63) is 58.6 Å². The third kappa shape index (κ3) is 5.11. The van der Waals surface area contributed by atoms with Crippen LogP contribution in [0.5, 0.6) is 5.75 Å². The molecule has 0 unspecified atom stereocenters. The van der Waals surface area contributed by atoms with Crippen molar-refractivity contribution in [2.45, 2.75) is 13.5 Å². The number of ether oxygens (including phenoxy) is 1. The average Bonchev–Trinajstić information content (AvgIpc) is 2.47. The Morgan fingerprint density at radius 3 is 2.62 bits per heavy atom. The molecule has 21 heavy (non-hydrogen) atoms. The fraction of sp³-hybridized carbons (Fsp3) is 0.188. The third-order valence-corrected chi connectivity index (χ3v) is 3.26. The fourth-order valence-corrected chi connectivity index (χ4v) is 2.19. The highest BCUT2D eigenvalue weighted by atomic mass is 79.9. The number of hydrogen-bond acceptors (Lipinski definition) is 2. The summed E-state index contributed by atoms with van der Waals surface area (Å²) in [6.45, 7) is 3.06. The Bertz CT molecular complexity index is 599. The SMILES string of the molecule is CCOc1ccc(CNC(=O)Nc2cccc(Br)c2)cc1. The van der Waals surface area contributed by atoms with Gasteiger partial charge in [-0.1, -0.05) is 34.1 Å². The fourth-order valence-electron chi connectivity index (χ4n) is 1.79. The number of rotatable bonds is 5. The number of carbonyl (C=O) groups is 1. The second kappa shape index (κ2) is 7.69. The zero-order chi connectivity index (χ0) is 15.1. The predicted octanol–water partition coefficient (Wildman–Crippen LogP) is 4.17. The van der Waals surface area contributed by atoms with E-state index < -0.39 is 0 Å². The summed E-state index contributed by atoms with van der Waals surface area (Å²) >= 11 is 3.36. The lowest BCUT2D eigenvalue weighted by molar-refractivity contribution is 0.251. The molecule has 110 valence electrons. The van der Waals surface area contributed by atoms with Crippen LogP contribution in [0.15, 0.2) is 53.0 Å². The number of carbonyl (C=O) groups excluding carboxylic acids is 1. The van der Waals surface area contributed by atoms with Crippen LogP contribution >= 0.6 is 15.9 Å². The van der Waals surface area contributed by atoms with Crippen LogP contribution in [0.25, 0.3) is 0 Å². The van der Waals surface area contributed by atoms with Crippen molar-refractivity contribution in [2.24, 2.45) is 0 Å². The number of anilines is 1. The van der Waals surface area contributed by atoms with Gasteiger partial charge in [0.15, 0.2) is 0 Å². The summed E-state index contributed by atoms with van der Waals surface area (Å²) in [6.07, 6.45) is 0. The maximum atomic E-state index is 11.8. The minimum Gasteiger partial charge on any atom is -0.494 e. The van der Waals surface area contributed by atoms with Gasteiger partial charge in [-0.2, -0.15) is 0 Å². The van der Waals surface area contributed by atoms with Crippen LogP contribution in [0, 0.1) is 0 Å². The summed E-state index contributed by atoms with van der Waals surface area (Å²) in [5.41, 5.74) is 1.76. The normalized spacial score (nSPS) is 10.0. The number of halogens is 1. The lowest BCUT2D eigenvalue weighted by Gasteiger charge is -2.09. The Hall–Kier alpha value is -2.01. The van der Waals surface area contributed by atoms with Gasteiger partial charge in [-0.3, -0.25) is 0 Å². The summed E-state index contributed by atoms with van der Waals surface area (Å²) in [5, 5.41) is 5.59. The van der Waals surface area contributed by atoms with Gasteiger partial charge in [0.25, 0.3) is 0 Å². The van der Waals surface area contributed by atoms with E-state index in [9.17, 15) is 4.79 Å². The van der Waals surface area contributed by atoms with Gasteiger partial charge in [-0.25, -0.2) is 4.79 Å². The average molecular weight is 349 g/mol. The maximum Gasteiger partial charge on any atom is 0.319 e. The molecule has 0 spiro atoms. The molecular weight excluding hydrogens is 332 g/mol. The van der Waals surface area contributed by atoms with Crippen molar-refractivity contribution in [3.8, 4) is 5.75 Å². The first-order valence-electron chi connectivity index (χ1n) is 6.69. The standard InChI is InChI=1S/C16H17BrN2O2/c1-2-21-15-8-6-12(7-9-15)11-18-16(20)19-14-5-3-4-13(17)10-14/h3-10H,2,11H2,1H3,(H2,18,19,20). The van der Waals surface area contributed by atoms with E-state index in [0.29, 0.717) is 13.2 Å². The quantitative estimate of drug-likeness (QED) is 0.851. The van der Waals surface area contributed by atoms with E-state index in [2.05, 4.69) is 26.6 Å². The summed E-state index contributed by atoms with van der Waals surface area (Å²) in [5.74, 6) is 0.833. The highest BCUT2D eigenvalue weighted by Gasteiger charge is 2.02. The van der Waals surface area contributed by atoms with Gasteiger partial charge in [0.2, 0.25) is 0 Å². The summed E-state index contributed by atoms with van der Waals surface area (Å²) in [4.78, 5) is 11.8. The largest absolute Gasteiger partial charge is 0.494 e. The molecule has 2 amide bonds. The molecule has 0 aliphatic heterocycles. The monoisotopic (exact) mass is 348 g/mol. The maximum absolute atomic E-state index is 11.8. The summed E-state index contributed by atoms with van der Waals surface area (Å²) in [7, 11) is 0. The van der Waals surface area contributed by atoms with Gasteiger partial charge in [0.1, 0.15) is 5.75 Å². The molecule has 0 radical (unpaired) electrons. The zero-order valence-electron chi connectivity index (χ0n) is 11.7. The predicted molar refractivity (Wildman–Crippen MR) is 87.6 cm³/mol. The molecule has 0 aliphatic carbocycles. The Labute approximate surface area is 132 Å². The minimum absolute atomic E-state index is 0.234. The van der Waals surface area contributed by atoms with Crippen molar-refractivity contribution in [2.75, 3.05) is 11.9 Å². The van der Waals surface area contributed by atoms with Gasteiger partial charge < -0.3 is 15.4 Å². The molecule has 2 aromatic carbocycles. The van der Waals surface area contributed by atoms with E-state index in [0.717, 1.165) is 21.5 Å². The molecular formula is C16H17BrN2O2. The van der Waals surface area contributed by atoms with Crippen LogP contribution in [0.2, 0.25) is 0 Å². The number of amides is 2. The molecule has 0 bridgehead atoms. The molecule has 0 aliphatic rings. The molecule has 0 saturated heterocycles. The van der Waals surface area contributed by atoms with Crippen LogP contribution in [0.1, 0.15) is 12.5 Å². The second-order valence-corrected chi connectivity index (χ2v) is 5.31. The van der Waals surface area contributed by atoms with Crippen molar-refractivity contribution >= 4 is 27.6 Å². The number of hydrogen-bond donors (Lipinski definition) is 2. The van der Waals surface area contributed by atoms with Gasteiger partial charge in [0.05, 0.1) is 6.61 Å². The second-order valence-electron chi connectivity index (χ2n) is 4.39. The van der Waals surface area contributed by atoms with E-state index >= 15 is 0 Å². The summed E-state index contributed by atoms with van der Waals surface area (Å²) in [6, 6.07) is 14.9. The lowest BCUT2D eigenvalue weighted by atomic mass is 10.2. The molecule has 0 fully saturated rings. The van der Waals surface area contributed by atoms with Crippen LogP contribution in [-0.2, 0) is 6.54 Å². The molecule has 0 aromatic heterocycles. The first-order valence-corrected chi connectivity index (χ1v) is 7.49. The van der Waals surface area contributed by atoms with Crippen LogP contribution in [-0.4, -0.2) is 12.6 Å². The van der Waals surface area contributed by atoms with E-state index in [1.807, 2.05) is 55.5 Å². The van der Waals surface area contributed by atoms with Gasteiger partial charge in [-0.15, -0.1) is 0 Å². The van der Waals surface area contributed by atoms with Crippen molar-refractivity contribution in [1.82, 2.24) is 5.32 Å². The van der Waals surface area contributed by atoms with Crippen molar-refractivity contribution in [3.63, 3.8) is 0 Å². The van der Waals surface area contributed by atoms with E-state index in [1.165, 1.54) is 0 Å². The van der Waals surface area contributed by atoms with Crippen LogP contribution in [0.4, 0.5) is 10.5 Å². The molecule has 5 heteroatoms. The molecule has 0 saturated carbocycles. The van der Waals surface area contributed by atoms with Gasteiger partial charge in [0, 0.05) is 16.7 Å². The summed E-state index contributed by atoms with van der Waals surface area (Å²) < 4.78 is 6.30. The highest BCUT2D eigenvalue weighted by molar-refractivity contribution is 9.10. The van der Waals surface area contributed by atoms with E-state index in [1.54, 1.807) is 0 Å². The van der Waals surface area contributed by atoms with E-state index in [-0.39, 0.29) is 6.03 Å². The smallest absolute Gasteiger partial charge is 0.319 e. The number of benzene rings is 2. The van der Waals surface area contributed by atoms with E-state index in [4.69, 9.17) is 4.74 Å². The Balaban J connectivity index is 1.83. The Kier molecular flexibility index (Phi) is 5.63. The van der Waals surface area contributed by atoms with Crippen LogP contribution in [0.3, 0.4) is 0 Å². The minimum atomic E-state index is -0.234. The molecule has 2 aromatic rings. The van der Waals surface area contributed by atoms with Crippen molar-refractivity contribution in [1.29, 1.82) is 0 Å². The number of nitrogens with one attached hydrogen (secondary N) is 2. The molecule has 0 atom stereocenters. The molecule has 4 nitrogen and oxygen atoms in total. The topological polar surface area (TPSA) is 50.4 Å². The van der Waals surface area contributed by atoms with Crippen molar-refractivity contribution < 1.29 is 9.53 Å². The zero-order valence-corrected chi connectivity index (χ0v) is 13.3. The van der Waals surface area contributed by atoms with Gasteiger partial charge >= 0.3 is 6.03 Å². The Morgan fingerprint density at radius 2 is 1.95 bits per heavy atom. The highest BCUT2D eigenvalue weighted by Crippen LogP contribution is 2.15. The molecule has 2 rings (SSSR count). The molecule has 0 heterocycles. The van der Waals surface area contributed by atoms with Gasteiger partial charge in [-0.05, 0) is 42.8 Å². The number of urea groups is 1. The lowest BCUT2D eigenvalue weighted by Crippen LogP contribution is -2.28. The third-order valence-electron chi connectivity index (χ3n) is 2.77. The molecule has 2 N–H and O–H groups in total. The first-order chi connectivity index (χ1) is 10.2.